The van der Waals surface area contributed by atoms with Gasteiger partial charge in [0.25, 0.3) is 0 Å². The van der Waals surface area contributed by atoms with Crippen LogP contribution in [0.3, 0.4) is 0 Å². The van der Waals surface area contributed by atoms with Crippen LogP contribution in [0, 0.1) is 10.1 Å². The topological polar surface area (TPSA) is 67.6 Å². The molecule has 1 aliphatic rings. The van der Waals surface area contributed by atoms with Gasteiger partial charge in [0.15, 0.2) is 5.75 Å². The van der Waals surface area contributed by atoms with Crippen LogP contribution in [0.25, 0.3) is 0 Å². The number of rotatable bonds is 5. The Kier molecular flexibility index (Phi) is 5.17. The number of benzene rings is 1. The Bertz CT molecular complexity index is 457. The average Bonchev–Trinajstić information content (AvgIpc) is 2.73. The number of nitro groups is 1. The highest BCUT2D eigenvalue weighted by atomic mass is 16.6. The molecule has 0 bridgehead atoms. The highest BCUT2D eigenvalue weighted by Gasteiger charge is 2.25. The van der Waals surface area contributed by atoms with E-state index in [0.717, 1.165) is 39.0 Å². The van der Waals surface area contributed by atoms with Crippen molar-refractivity contribution in [2.45, 2.75) is 19.8 Å². The summed E-state index contributed by atoms with van der Waals surface area (Å²) < 4.78 is 5.53. The maximum Gasteiger partial charge on any atom is 0.333 e. The summed E-state index contributed by atoms with van der Waals surface area (Å²) in [7, 11) is 0. The van der Waals surface area contributed by atoms with Crippen molar-refractivity contribution in [1.29, 1.82) is 0 Å². The first-order valence-electron chi connectivity index (χ1n) is 7.10. The second-order valence-corrected chi connectivity index (χ2v) is 4.82. The molecule has 1 aliphatic heterocycles. The van der Waals surface area contributed by atoms with Crippen LogP contribution in [-0.4, -0.2) is 37.7 Å². The fraction of sp³-hybridized carbons (Fsp3) is 0.571. The van der Waals surface area contributed by atoms with Gasteiger partial charge in [-0.15, -0.1) is 0 Å². The summed E-state index contributed by atoms with van der Waals surface area (Å²) in [6.45, 7) is 5.87. The first-order valence-corrected chi connectivity index (χ1v) is 7.10. The van der Waals surface area contributed by atoms with Gasteiger partial charge in [0.1, 0.15) is 5.69 Å². The molecule has 0 amide bonds. The van der Waals surface area contributed by atoms with Gasteiger partial charge in [0.05, 0.1) is 11.5 Å². The fourth-order valence-electron chi connectivity index (χ4n) is 2.36. The quantitative estimate of drug-likeness (QED) is 0.661. The third kappa shape index (κ3) is 3.39. The van der Waals surface area contributed by atoms with Gasteiger partial charge < -0.3 is 15.0 Å². The Morgan fingerprint density at radius 2 is 2.25 bits per heavy atom. The Morgan fingerprint density at radius 1 is 1.40 bits per heavy atom. The van der Waals surface area contributed by atoms with E-state index in [-0.39, 0.29) is 10.6 Å². The van der Waals surface area contributed by atoms with E-state index in [1.165, 1.54) is 0 Å². The van der Waals surface area contributed by atoms with Crippen molar-refractivity contribution in [3.8, 4) is 5.75 Å². The molecular formula is C14H21N3O3. The van der Waals surface area contributed by atoms with Crippen LogP contribution in [0.4, 0.5) is 11.4 Å². The van der Waals surface area contributed by atoms with E-state index in [1.807, 2.05) is 19.1 Å². The van der Waals surface area contributed by atoms with Gasteiger partial charge in [-0.25, -0.2) is 0 Å². The third-order valence-corrected chi connectivity index (χ3v) is 3.30. The zero-order valence-corrected chi connectivity index (χ0v) is 11.8. The normalized spacial score (nSPS) is 15.8. The summed E-state index contributed by atoms with van der Waals surface area (Å²) in [5.41, 5.74) is 0.746. The van der Waals surface area contributed by atoms with Gasteiger partial charge in [0.2, 0.25) is 0 Å². The number of nitrogens with one attached hydrogen (secondary N) is 1. The van der Waals surface area contributed by atoms with Crippen molar-refractivity contribution in [3.05, 3.63) is 28.3 Å². The lowest BCUT2D eigenvalue weighted by Gasteiger charge is -2.22. The van der Waals surface area contributed by atoms with E-state index >= 15 is 0 Å². The van der Waals surface area contributed by atoms with Crippen LogP contribution in [0.2, 0.25) is 0 Å². The summed E-state index contributed by atoms with van der Waals surface area (Å²) in [6, 6.07) is 5.31. The number of hydrogen-bond donors (Lipinski definition) is 1. The molecule has 1 heterocycles. The summed E-state index contributed by atoms with van der Waals surface area (Å²) in [6.07, 6.45) is 1.81. The predicted octanol–water partition coefficient (Wildman–Crippen LogP) is 2.18. The Balaban J connectivity index is 2.32. The molecule has 0 saturated carbocycles. The van der Waals surface area contributed by atoms with Gasteiger partial charge in [-0.3, -0.25) is 10.1 Å². The summed E-state index contributed by atoms with van der Waals surface area (Å²) in [5.74, 6) is 0.367. The summed E-state index contributed by atoms with van der Waals surface area (Å²) in [5, 5.41) is 14.7. The lowest BCUT2D eigenvalue weighted by Crippen LogP contribution is -2.28. The van der Waals surface area contributed by atoms with E-state index in [2.05, 4.69) is 10.2 Å². The molecule has 110 valence electrons. The molecular weight excluding hydrogens is 258 g/mol. The fourth-order valence-corrected chi connectivity index (χ4v) is 2.36. The van der Waals surface area contributed by atoms with Crippen LogP contribution in [-0.2, 0) is 0 Å². The van der Waals surface area contributed by atoms with Gasteiger partial charge in [-0.05, 0) is 31.5 Å². The van der Waals surface area contributed by atoms with Crippen molar-refractivity contribution >= 4 is 11.4 Å². The number of nitro benzene ring substituents is 1. The summed E-state index contributed by atoms with van der Waals surface area (Å²) in [4.78, 5) is 13.1. The largest absolute Gasteiger partial charge is 0.487 e. The van der Waals surface area contributed by atoms with E-state index in [9.17, 15) is 10.1 Å². The second-order valence-electron chi connectivity index (χ2n) is 4.82. The first-order chi connectivity index (χ1) is 9.74. The number of hydrogen-bond acceptors (Lipinski definition) is 5. The molecule has 0 radical (unpaired) electrons. The van der Waals surface area contributed by atoms with Gasteiger partial charge >= 0.3 is 5.69 Å². The molecule has 0 unspecified atom stereocenters. The number of anilines is 1. The molecule has 1 N–H and O–H groups in total. The average molecular weight is 279 g/mol. The van der Waals surface area contributed by atoms with E-state index in [1.54, 1.807) is 6.07 Å². The molecule has 1 aromatic rings. The molecule has 6 nitrogen and oxygen atoms in total. The molecule has 0 atom stereocenters. The summed E-state index contributed by atoms with van der Waals surface area (Å²) >= 11 is 0. The molecule has 1 saturated heterocycles. The lowest BCUT2D eigenvalue weighted by atomic mass is 10.2. The lowest BCUT2D eigenvalue weighted by molar-refractivity contribution is -0.385. The van der Waals surface area contributed by atoms with Crippen molar-refractivity contribution in [2.24, 2.45) is 0 Å². The van der Waals surface area contributed by atoms with E-state index in [0.29, 0.717) is 18.0 Å². The van der Waals surface area contributed by atoms with Gasteiger partial charge in [0, 0.05) is 19.6 Å². The van der Waals surface area contributed by atoms with Crippen molar-refractivity contribution in [1.82, 2.24) is 5.32 Å². The standard InChI is InChI=1S/C14H21N3O3/c1-2-11-20-13-6-3-5-12(14(13)17(18)19)16-9-4-7-15-8-10-16/h3,5-6,15H,2,4,7-11H2,1H3. The van der Waals surface area contributed by atoms with Crippen LogP contribution in [0.15, 0.2) is 18.2 Å². The van der Waals surface area contributed by atoms with Crippen LogP contribution in [0.5, 0.6) is 5.75 Å². The number of para-hydroxylation sites is 1. The molecule has 0 aromatic heterocycles. The highest BCUT2D eigenvalue weighted by molar-refractivity contribution is 5.69. The number of ether oxygens (including phenoxy) is 1. The van der Waals surface area contributed by atoms with Gasteiger partial charge in [-0.2, -0.15) is 0 Å². The minimum Gasteiger partial charge on any atom is -0.487 e. The Hall–Kier alpha value is -1.82. The minimum atomic E-state index is -0.335. The molecule has 1 aromatic carbocycles. The monoisotopic (exact) mass is 279 g/mol. The minimum absolute atomic E-state index is 0.0860. The molecule has 1 fully saturated rings. The second kappa shape index (κ2) is 7.09. The van der Waals surface area contributed by atoms with Crippen molar-refractivity contribution in [3.63, 3.8) is 0 Å². The molecule has 6 heteroatoms. The number of nitrogens with zero attached hydrogens (tertiary/aromatic N) is 2. The molecule has 20 heavy (non-hydrogen) atoms. The zero-order chi connectivity index (χ0) is 14.4. The molecule has 0 spiro atoms. The van der Waals surface area contributed by atoms with E-state index < -0.39 is 0 Å². The van der Waals surface area contributed by atoms with Crippen LogP contribution >= 0.6 is 0 Å². The maximum absolute atomic E-state index is 11.4. The third-order valence-electron chi connectivity index (χ3n) is 3.30. The highest BCUT2D eigenvalue weighted by Crippen LogP contribution is 2.37. The first kappa shape index (κ1) is 14.6. The van der Waals surface area contributed by atoms with Crippen LogP contribution < -0.4 is 15.0 Å². The smallest absolute Gasteiger partial charge is 0.333 e. The zero-order valence-electron chi connectivity index (χ0n) is 11.8. The van der Waals surface area contributed by atoms with Crippen LogP contribution in [0.1, 0.15) is 19.8 Å². The predicted molar refractivity (Wildman–Crippen MR) is 78.6 cm³/mol. The van der Waals surface area contributed by atoms with E-state index in [4.69, 9.17) is 4.74 Å². The SMILES string of the molecule is CCCOc1cccc(N2CCCNCC2)c1[N+](=O)[O-]. The Labute approximate surface area is 118 Å². The Morgan fingerprint density at radius 3 is 3.00 bits per heavy atom. The molecule has 0 aliphatic carbocycles. The van der Waals surface area contributed by atoms with Crippen molar-refractivity contribution < 1.29 is 9.66 Å². The van der Waals surface area contributed by atoms with Gasteiger partial charge in [-0.1, -0.05) is 13.0 Å². The van der Waals surface area contributed by atoms with Crippen molar-refractivity contribution in [2.75, 3.05) is 37.7 Å². The molecule has 2 rings (SSSR count). The maximum atomic E-state index is 11.4.